The van der Waals surface area contributed by atoms with Gasteiger partial charge in [-0.15, -0.1) is 0 Å². The minimum Gasteiger partial charge on any atom is -0.391 e. The third-order valence-electron chi connectivity index (χ3n) is 5.41. The number of halogens is 4. The van der Waals surface area contributed by atoms with E-state index in [1.165, 1.54) is 18.2 Å². The van der Waals surface area contributed by atoms with Crippen molar-refractivity contribution < 1.29 is 22.4 Å². The summed E-state index contributed by atoms with van der Waals surface area (Å²) in [6, 6.07) is 11.9. The normalized spacial score (nSPS) is 21.8. The molecule has 0 saturated carbocycles. The topological polar surface area (TPSA) is 29.1 Å². The Morgan fingerprint density at radius 3 is 2.54 bits per heavy atom. The maximum atomic E-state index is 14.7. The molecule has 2 atom stereocenters. The second-order valence-corrected chi connectivity index (χ2v) is 6.99. The Morgan fingerprint density at radius 1 is 1.07 bits per heavy atom. The molecule has 0 aliphatic heterocycles. The minimum absolute atomic E-state index is 0.197. The monoisotopic (exact) mass is 387 g/mol. The molecule has 0 fully saturated rings. The second kappa shape index (κ2) is 6.62. The molecule has 2 aromatic rings. The highest BCUT2D eigenvalue weighted by molar-refractivity contribution is 6.25. The second-order valence-electron chi connectivity index (χ2n) is 6.99. The minimum atomic E-state index is -4.50. The highest BCUT2D eigenvalue weighted by Gasteiger charge is 2.43. The first-order valence-corrected chi connectivity index (χ1v) is 8.90. The third kappa shape index (κ3) is 2.93. The molecule has 4 rings (SSSR count). The average molecular weight is 387 g/mol. The number of hydrogen-bond acceptors (Lipinski definition) is 2. The van der Waals surface area contributed by atoms with Gasteiger partial charge in [0.15, 0.2) is 5.78 Å². The molecule has 6 heteroatoms. The molecule has 0 aromatic heterocycles. The summed E-state index contributed by atoms with van der Waals surface area (Å²) in [5.41, 5.74) is 1.58. The van der Waals surface area contributed by atoms with Crippen LogP contribution >= 0.6 is 0 Å². The lowest BCUT2D eigenvalue weighted by Crippen LogP contribution is -2.19. The molecule has 1 N–H and O–H groups in total. The first kappa shape index (κ1) is 18.5. The number of fused-ring (bicyclic) bond motifs is 1. The largest absolute Gasteiger partial charge is 0.416 e. The first-order valence-electron chi connectivity index (χ1n) is 8.90. The Morgan fingerprint density at radius 2 is 1.82 bits per heavy atom. The van der Waals surface area contributed by atoms with Crippen molar-refractivity contribution in [3.8, 4) is 0 Å². The molecule has 0 spiro atoms. The van der Waals surface area contributed by atoms with Crippen LogP contribution in [0.3, 0.4) is 0 Å². The molecule has 0 heterocycles. The van der Waals surface area contributed by atoms with Gasteiger partial charge in [0.05, 0.1) is 5.56 Å². The number of rotatable bonds is 3. The van der Waals surface area contributed by atoms with Crippen LogP contribution < -0.4 is 5.32 Å². The highest BCUT2D eigenvalue weighted by atomic mass is 19.4. The van der Waals surface area contributed by atoms with Crippen LogP contribution in [0.4, 0.5) is 17.6 Å². The zero-order valence-electron chi connectivity index (χ0n) is 15.0. The Kier molecular flexibility index (Phi) is 4.37. The Bertz CT molecular complexity index is 1020. The van der Waals surface area contributed by atoms with Gasteiger partial charge in [0.25, 0.3) is 0 Å². The SMILES string of the molecule is CNC1=C(c2cccc(C(F)(F)F)c2)C(=O)C(C2C(F)=Cc3ccccc32)C1. The van der Waals surface area contributed by atoms with Gasteiger partial charge in [0.1, 0.15) is 5.83 Å². The predicted octanol–water partition coefficient (Wildman–Crippen LogP) is 5.33. The maximum Gasteiger partial charge on any atom is 0.416 e. The quantitative estimate of drug-likeness (QED) is 0.721. The van der Waals surface area contributed by atoms with E-state index in [4.69, 9.17) is 0 Å². The number of carbonyl (C=O) groups is 1. The van der Waals surface area contributed by atoms with Gasteiger partial charge in [-0.2, -0.15) is 13.2 Å². The Hall–Kier alpha value is -2.89. The standard InChI is InChI=1S/C22H17F4NO/c1-27-18-11-16(20-15-8-3-2-5-12(15)10-17(20)23)21(28)19(18)13-6-4-7-14(9-13)22(24,25)26/h2-10,16,20,27H,11H2,1H3. The summed E-state index contributed by atoms with van der Waals surface area (Å²) in [6.45, 7) is 0. The first-order chi connectivity index (χ1) is 13.3. The van der Waals surface area contributed by atoms with Crippen molar-refractivity contribution in [1.82, 2.24) is 5.32 Å². The fourth-order valence-corrected chi connectivity index (χ4v) is 4.13. The lowest BCUT2D eigenvalue weighted by molar-refractivity contribution is -0.137. The van der Waals surface area contributed by atoms with E-state index in [-0.39, 0.29) is 29.2 Å². The summed E-state index contributed by atoms with van der Waals surface area (Å²) in [5, 5.41) is 2.93. The van der Waals surface area contributed by atoms with Crippen molar-refractivity contribution in [3.63, 3.8) is 0 Å². The van der Waals surface area contributed by atoms with E-state index in [9.17, 15) is 22.4 Å². The van der Waals surface area contributed by atoms with Crippen LogP contribution in [-0.4, -0.2) is 12.8 Å². The van der Waals surface area contributed by atoms with Crippen molar-refractivity contribution in [1.29, 1.82) is 0 Å². The molecule has 0 amide bonds. The van der Waals surface area contributed by atoms with Gasteiger partial charge in [-0.3, -0.25) is 4.79 Å². The molecule has 144 valence electrons. The van der Waals surface area contributed by atoms with E-state index in [2.05, 4.69) is 5.32 Å². The molecule has 2 aliphatic rings. The number of hydrogen-bond donors (Lipinski definition) is 1. The van der Waals surface area contributed by atoms with E-state index in [0.29, 0.717) is 5.70 Å². The van der Waals surface area contributed by atoms with Crippen molar-refractivity contribution in [3.05, 3.63) is 82.3 Å². The number of benzene rings is 2. The zero-order chi connectivity index (χ0) is 20.1. The number of allylic oxidation sites excluding steroid dienone is 3. The summed E-state index contributed by atoms with van der Waals surface area (Å²) in [4.78, 5) is 13.2. The molecule has 2 aromatic carbocycles. The van der Waals surface area contributed by atoms with Gasteiger partial charge in [-0.25, -0.2) is 4.39 Å². The van der Waals surface area contributed by atoms with Crippen LogP contribution in [0.5, 0.6) is 0 Å². The Labute approximate surface area is 159 Å². The lowest BCUT2D eigenvalue weighted by atomic mass is 9.83. The van der Waals surface area contributed by atoms with Gasteiger partial charge in [-0.05, 0) is 41.3 Å². The summed E-state index contributed by atoms with van der Waals surface area (Å²) >= 11 is 0. The molecule has 28 heavy (non-hydrogen) atoms. The van der Waals surface area contributed by atoms with Crippen LogP contribution in [0, 0.1) is 5.92 Å². The summed E-state index contributed by atoms with van der Waals surface area (Å²) in [7, 11) is 1.62. The molecule has 0 saturated heterocycles. The van der Waals surface area contributed by atoms with Crippen LogP contribution in [0.2, 0.25) is 0 Å². The molecule has 2 aliphatic carbocycles. The highest BCUT2D eigenvalue weighted by Crippen LogP contribution is 2.49. The summed E-state index contributed by atoms with van der Waals surface area (Å²) in [5.74, 6) is -2.13. The molecule has 2 unspecified atom stereocenters. The van der Waals surface area contributed by atoms with E-state index in [1.807, 2.05) is 0 Å². The van der Waals surface area contributed by atoms with Gasteiger partial charge < -0.3 is 5.32 Å². The molecular weight excluding hydrogens is 370 g/mol. The van der Waals surface area contributed by atoms with E-state index in [0.717, 1.165) is 23.3 Å². The fraction of sp³-hybridized carbons (Fsp3) is 0.227. The summed E-state index contributed by atoms with van der Waals surface area (Å²) in [6.07, 6.45) is -2.83. The van der Waals surface area contributed by atoms with Crippen molar-refractivity contribution in [2.24, 2.45) is 5.92 Å². The van der Waals surface area contributed by atoms with Crippen LogP contribution in [-0.2, 0) is 11.0 Å². The molecule has 2 nitrogen and oxygen atoms in total. The predicted molar refractivity (Wildman–Crippen MR) is 98.8 cm³/mol. The number of ketones is 1. The van der Waals surface area contributed by atoms with E-state index < -0.39 is 23.6 Å². The van der Waals surface area contributed by atoms with Gasteiger partial charge in [0.2, 0.25) is 0 Å². The van der Waals surface area contributed by atoms with Crippen molar-refractivity contribution in [2.45, 2.75) is 18.5 Å². The number of nitrogens with one attached hydrogen (secondary N) is 1. The maximum absolute atomic E-state index is 14.7. The van der Waals surface area contributed by atoms with E-state index >= 15 is 0 Å². The van der Waals surface area contributed by atoms with Crippen molar-refractivity contribution in [2.75, 3.05) is 7.05 Å². The third-order valence-corrected chi connectivity index (χ3v) is 5.41. The van der Waals surface area contributed by atoms with E-state index in [1.54, 1.807) is 31.3 Å². The van der Waals surface area contributed by atoms with Gasteiger partial charge in [-0.1, -0.05) is 36.4 Å². The van der Waals surface area contributed by atoms with Crippen molar-refractivity contribution >= 4 is 17.4 Å². The fourth-order valence-electron chi connectivity index (χ4n) is 4.13. The number of Topliss-reactive ketones (excluding diaryl/α,β-unsaturated/α-hetero) is 1. The Balaban J connectivity index is 1.73. The van der Waals surface area contributed by atoms with Gasteiger partial charge >= 0.3 is 6.18 Å². The van der Waals surface area contributed by atoms with Crippen LogP contribution in [0.1, 0.15) is 34.6 Å². The molecule has 0 radical (unpaired) electrons. The summed E-state index contributed by atoms with van der Waals surface area (Å²) < 4.78 is 54.0. The molecule has 0 bridgehead atoms. The smallest absolute Gasteiger partial charge is 0.391 e. The van der Waals surface area contributed by atoms with Gasteiger partial charge in [0, 0.05) is 30.2 Å². The van der Waals surface area contributed by atoms with Crippen LogP contribution in [0.15, 0.2) is 60.1 Å². The number of alkyl halides is 3. The number of carbonyl (C=O) groups excluding carboxylic acids is 1. The zero-order valence-corrected chi connectivity index (χ0v) is 15.0. The average Bonchev–Trinajstić information content (AvgIpc) is 3.16. The van der Waals surface area contributed by atoms with Crippen LogP contribution in [0.25, 0.3) is 11.6 Å². The molecular formula is C22H17F4NO. The lowest BCUT2D eigenvalue weighted by Gasteiger charge is -2.19.